The van der Waals surface area contributed by atoms with E-state index >= 15 is 0 Å². The molecule has 4 nitrogen and oxygen atoms in total. The molecule has 0 saturated heterocycles. The van der Waals surface area contributed by atoms with Crippen molar-refractivity contribution < 1.29 is 9.53 Å². The maximum Gasteiger partial charge on any atom is 0.357 e. The van der Waals surface area contributed by atoms with E-state index in [-0.39, 0.29) is 5.97 Å². The number of rotatable bonds is 2. The van der Waals surface area contributed by atoms with E-state index in [4.69, 9.17) is 4.74 Å². The first-order valence-electron chi connectivity index (χ1n) is 4.42. The molecule has 2 aromatic heterocycles. The molecule has 0 spiro atoms. The van der Waals surface area contributed by atoms with Crippen molar-refractivity contribution in [3.63, 3.8) is 0 Å². The molecule has 0 aromatic carbocycles. The van der Waals surface area contributed by atoms with Gasteiger partial charge in [0.1, 0.15) is 0 Å². The number of hydrogen-bond donors (Lipinski definition) is 1. The minimum absolute atomic E-state index is 0.362. The van der Waals surface area contributed by atoms with Crippen LogP contribution in [0.5, 0.6) is 0 Å². The SMILES string of the molecule is CCOC(=O)c1nccc2[nH]ccc12. The molecule has 0 bridgehead atoms. The summed E-state index contributed by atoms with van der Waals surface area (Å²) in [7, 11) is 0. The highest BCUT2D eigenvalue weighted by molar-refractivity contribution is 6.01. The summed E-state index contributed by atoms with van der Waals surface area (Å²) in [6.07, 6.45) is 3.36. The van der Waals surface area contributed by atoms with Gasteiger partial charge in [-0.2, -0.15) is 0 Å². The van der Waals surface area contributed by atoms with Gasteiger partial charge >= 0.3 is 5.97 Å². The molecule has 0 unspecified atom stereocenters. The van der Waals surface area contributed by atoms with Gasteiger partial charge in [-0.1, -0.05) is 0 Å². The van der Waals surface area contributed by atoms with Gasteiger partial charge in [-0.05, 0) is 19.1 Å². The van der Waals surface area contributed by atoms with Crippen LogP contribution >= 0.6 is 0 Å². The lowest BCUT2D eigenvalue weighted by atomic mass is 10.2. The molecular formula is C10H10N2O2. The molecule has 72 valence electrons. The normalized spacial score (nSPS) is 10.4. The highest BCUT2D eigenvalue weighted by Gasteiger charge is 2.12. The van der Waals surface area contributed by atoms with Crippen LogP contribution in [0.15, 0.2) is 24.5 Å². The Balaban J connectivity index is 2.50. The van der Waals surface area contributed by atoms with Gasteiger partial charge in [-0.25, -0.2) is 9.78 Å². The first-order valence-corrected chi connectivity index (χ1v) is 4.42. The van der Waals surface area contributed by atoms with Crippen molar-refractivity contribution in [2.75, 3.05) is 6.61 Å². The number of carbonyl (C=O) groups excluding carboxylic acids is 1. The average molecular weight is 190 g/mol. The van der Waals surface area contributed by atoms with Gasteiger partial charge in [0, 0.05) is 23.3 Å². The molecule has 14 heavy (non-hydrogen) atoms. The summed E-state index contributed by atoms with van der Waals surface area (Å²) >= 11 is 0. The van der Waals surface area contributed by atoms with E-state index in [1.54, 1.807) is 19.3 Å². The second kappa shape index (κ2) is 3.49. The first-order chi connectivity index (χ1) is 6.83. The second-order valence-electron chi connectivity index (χ2n) is 2.82. The Bertz CT molecular complexity index is 462. The lowest BCUT2D eigenvalue weighted by Crippen LogP contribution is -2.06. The van der Waals surface area contributed by atoms with Gasteiger partial charge < -0.3 is 9.72 Å². The van der Waals surface area contributed by atoms with Crippen LogP contribution in [-0.4, -0.2) is 22.5 Å². The summed E-state index contributed by atoms with van der Waals surface area (Å²) in [5.41, 5.74) is 1.26. The number of H-pyrrole nitrogens is 1. The largest absolute Gasteiger partial charge is 0.461 e. The zero-order valence-electron chi connectivity index (χ0n) is 7.78. The lowest BCUT2D eigenvalue weighted by molar-refractivity contribution is 0.0522. The highest BCUT2D eigenvalue weighted by atomic mass is 16.5. The number of pyridine rings is 1. The van der Waals surface area contributed by atoms with Crippen LogP contribution in [0, 0.1) is 0 Å². The van der Waals surface area contributed by atoms with E-state index in [2.05, 4.69) is 9.97 Å². The monoisotopic (exact) mass is 190 g/mol. The number of fused-ring (bicyclic) bond motifs is 1. The molecule has 0 aliphatic heterocycles. The van der Waals surface area contributed by atoms with Crippen LogP contribution in [0.4, 0.5) is 0 Å². The minimum atomic E-state index is -0.377. The molecule has 0 saturated carbocycles. The Hall–Kier alpha value is -1.84. The first kappa shape index (κ1) is 8.74. The van der Waals surface area contributed by atoms with E-state index < -0.39 is 0 Å². The van der Waals surface area contributed by atoms with Crippen LogP contribution < -0.4 is 0 Å². The van der Waals surface area contributed by atoms with Crippen LogP contribution in [0.3, 0.4) is 0 Å². The van der Waals surface area contributed by atoms with Crippen molar-refractivity contribution in [1.29, 1.82) is 0 Å². The van der Waals surface area contributed by atoms with Gasteiger partial charge in [0.25, 0.3) is 0 Å². The summed E-state index contributed by atoms with van der Waals surface area (Å²) in [6, 6.07) is 3.63. The predicted octanol–water partition coefficient (Wildman–Crippen LogP) is 1.74. The Morgan fingerprint density at radius 2 is 2.43 bits per heavy atom. The summed E-state index contributed by atoms with van der Waals surface area (Å²) in [5.74, 6) is -0.377. The Kier molecular flexibility index (Phi) is 2.18. The van der Waals surface area contributed by atoms with Crippen molar-refractivity contribution in [3.05, 3.63) is 30.2 Å². The molecule has 0 atom stereocenters. The number of aromatic amines is 1. The summed E-state index contributed by atoms with van der Waals surface area (Å²) in [6.45, 7) is 2.14. The molecule has 0 fully saturated rings. The molecule has 4 heteroatoms. The molecular weight excluding hydrogens is 180 g/mol. The van der Waals surface area contributed by atoms with E-state index in [0.29, 0.717) is 12.3 Å². The maximum absolute atomic E-state index is 11.5. The van der Waals surface area contributed by atoms with Gasteiger partial charge in [0.05, 0.1) is 6.61 Å². The number of nitrogens with one attached hydrogen (secondary N) is 1. The number of hydrogen-bond acceptors (Lipinski definition) is 3. The molecule has 0 aliphatic rings. The average Bonchev–Trinajstić information content (AvgIpc) is 2.65. The van der Waals surface area contributed by atoms with Gasteiger partial charge in [-0.15, -0.1) is 0 Å². The lowest BCUT2D eigenvalue weighted by Gasteiger charge is -2.01. The highest BCUT2D eigenvalue weighted by Crippen LogP contribution is 2.15. The molecule has 0 radical (unpaired) electrons. The molecule has 1 N–H and O–H groups in total. The molecule has 2 rings (SSSR count). The van der Waals surface area contributed by atoms with Gasteiger partial charge in [0.15, 0.2) is 5.69 Å². The minimum Gasteiger partial charge on any atom is -0.461 e. The molecule has 2 heterocycles. The number of esters is 1. The summed E-state index contributed by atoms with van der Waals surface area (Å²) in [5, 5.41) is 0.797. The van der Waals surface area contributed by atoms with E-state index in [0.717, 1.165) is 10.9 Å². The van der Waals surface area contributed by atoms with Gasteiger partial charge in [0.2, 0.25) is 0 Å². The van der Waals surface area contributed by atoms with Crippen LogP contribution in [0.2, 0.25) is 0 Å². The molecule has 0 aliphatic carbocycles. The van der Waals surface area contributed by atoms with Crippen molar-refractivity contribution >= 4 is 16.9 Å². The third-order valence-electron chi connectivity index (χ3n) is 1.95. The van der Waals surface area contributed by atoms with Crippen molar-refractivity contribution in [1.82, 2.24) is 9.97 Å². The zero-order valence-corrected chi connectivity index (χ0v) is 7.78. The third kappa shape index (κ3) is 1.35. The topological polar surface area (TPSA) is 55.0 Å². The van der Waals surface area contributed by atoms with Crippen molar-refractivity contribution in [3.8, 4) is 0 Å². The smallest absolute Gasteiger partial charge is 0.357 e. The zero-order chi connectivity index (χ0) is 9.97. The van der Waals surface area contributed by atoms with Crippen LogP contribution in [0.1, 0.15) is 17.4 Å². The van der Waals surface area contributed by atoms with E-state index in [1.165, 1.54) is 0 Å². The fraction of sp³-hybridized carbons (Fsp3) is 0.200. The van der Waals surface area contributed by atoms with Crippen LogP contribution in [-0.2, 0) is 4.74 Å². The van der Waals surface area contributed by atoms with E-state index in [9.17, 15) is 4.79 Å². The van der Waals surface area contributed by atoms with Gasteiger partial charge in [-0.3, -0.25) is 0 Å². The molecule has 2 aromatic rings. The van der Waals surface area contributed by atoms with E-state index in [1.807, 2.05) is 12.1 Å². The number of aromatic nitrogens is 2. The standard InChI is InChI=1S/C10H10N2O2/c1-2-14-10(13)9-7-3-5-11-8(7)4-6-12-9/h3-6,11H,2H2,1H3. The third-order valence-corrected chi connectivity index (χ3v) is 1.95. The Morgan fingerprint density at radius 3 is 3.21 bits per heavy atom. The van der Waals surface area contributed by atoms with Crippen molar-refractivity contribution in [2.24, 2.45) is 0 Å². The van der Waals surface area contributed by atoms with Crippen LogP contribution in [0.25, 0.3) is 10.9 Å². The number of nitrogens with zero attached hydrogens (tertiary/aromatic N) is 1. The summed E-state index contributed by atoms with van der Waals surface area (Å²) < 4.78 is 4.89. The Labute approximate surface area is 80.9 Å². The van der Waals surface area contributed by atoms with Crippen molar-refractivity contribution in [2.45, 2.75) is 6.92 Å². The predicted molar refractivity (Wildman–Crippen MR) is 52.1 cm³/mol. The number of carbonyl (C=O) groups is 1. The fourth-order valence-corrected chi connectivity index (χ4v) is 1.34. The fourth-order valence-electron chi connectivity index (χ4n) is 1.34. The maximum atomic E-state index is 11.5. The quantitative estimate of drug-likeness (QED) is 0.734. The molecule has 0 amide bonds. The second-order valence-corrected chi connectivity index (χ2v) is 2.82. The Morgan fingerprint density at radius 1 is 1.57 bits per heavy atom. The summed E-state index contributed by atoms with van der Waals surface area (Å²) in [4.78, 5) is 18.5. The number of ether oxygens (including phenoxy) is 1.